The van der Waals surface area contributed by atoms with E-state index in [0.717, 1.165) is 0 Å². The lowest BCUT2D eigenvalue weighted by Crippen LogP contribution is -2.38. The van der Waals surface area contributed by atoms with Crippen LogP contribution in [0.4, 0.5) is 5.13 Å². The van der Waals surface area contributed by atoms with E-state index in [2.05, 4.69) is 25.6 Å². The molecule has 0 aliphatic carbocycles. The van der Waals surface area contributed by atoms with Crippen LogP contribution >= 0.6 is 11.3 Å². The molecule has 8 heteroatoms. The molecule has 2 aromatic rings. The topological polar surface area (TPSA) is 99.8 Å². The summed E-state index contributed by atoms with van der Waals surface area (Å²) in [5.74, 6) is 0.318. The minimum Gasteiger partial charge on any atom is -0.309 e. The molecule has 0 saturated heterocycles. The number of rotatable bonds is 5. The van der Waals surface area contributed by atoms with Crippen LogP contribution in [-0.4, -0.2) is 26.9 Å². The summed E-state index contributed by atoms with van der Waals surface area (Å²) >= 11 is 1.36. The number of aromatic amines is 1. The van der Waals surface area contributed by atoms with E-state index in [4.69, 9.17) is 0 Å². The molecule has 0 bridgehead atoms. The van der Waals surface area contributed by atoms with Gasteiger partial charge in [-0.3, -0.25) is 14.9 Å². The van der Waals surface area contributed by atoms with Gasteiger partial charge < -0.3 is 10.3 Å². The first-order chi connectivity index (χ1) is 9.54. The van der Waals surface area contributed by atoms with Crippen molar-refractivity contribution in [3.05, 3.63) is 39.5 Å². The Bertz CT molecular complexity index is 638. The third kappa shape index (κ3) is 3.97. The zero-order chi connectivity index (χ0) is 14.5. The van der Waals surface area contributed by atoms with E-state index in [0.29, 0.717) is 23.2 Å². The first-order valence-electron chi connectivity index (χ1n) is 6.05. The van der Waals surface area contributed by atoms with Crippen LogP contribution in [-0.2, 0) is 11.3 Å². The lowest BCUT2D eigenvalue weighted by Gasteiger charge is -2.12. The van der Waals surface area contributed by atoms with Crippen LogP contribution in [0, 0.1) is 6.92 Å². The third-order valence-electron chi connectivity index (χ3n) is 2.55. The van der Waals surface area contributed by atoms with Gasteiger partial charge in [-0.1, -0.05) is 0 Å². The highest BCUT2D eigenvalue weighted by Gasteiger charge is 2.13. The van der Waals surface area contributed by atoms with Crippen LogP contribution in [0.5, 0.6) is 0 Å². The molecule has 0 spiro atoms. The average molecular weight is 293 g/mol. The number of carbonyl (C=O) groups is 1. The fourth-order valence-corrected chi connectivity index (χ4v) is 2.10. The van der Waals surface area contributed by atoms with Gasteiger partial charge in [0.05, 0.1) is 12.6 Å². The fourth-order valence-electron chi connectivity index (χ4n) is 1.57. The SMILES string of the molecule is Cc1cc(=O)[nH]c(CN[C@@H](C)C(=O)Nc2nccs2)n1. The van der Waals surface area contributed by atoms with Crippen molar-refractivity contribution in [2.75, 3.05) is 5.32 Å². The van der Waals surface area contributed by atoms with Crippen LogP contribution < -0.4 is 16.2 Å². The van der Waals surface area contributed by atoms with Crippen LogP contribution in [0.1, 0.15) is 18.4 Å². The molecule has 2 rings (SSSR count). The van der Waals surface area contributed by atoms with Gasteiger partial charge in [-0.15, -0.1) is 11.3 Å². The second-order valence-electron chi connectivity index (χ2n) is 4.26. The number of aryl methyl sites for hydroxylation is 1. The Morgan fingerprint density at radius 1 is 1.55 bits per heavy atom. The molecule has 0 fully saturated rings. The standard InChI is InChI=1S/C12H15N5O2S/c1-7-5-10(18)16-9(15-7)6-14-8(2)11(19)17-12-13-3-4-20-12/h3-5,8,14H,6H2,1-2H3,(H,13,17,19)(H,15,16,18)/t8-/m0/s1. The van der Waals surface area contributed by atoms with Crippen molar-refractivity contribution in [1.29, 1.82) is 0 Å². The molecule has 0 aromatic carbocycles. The van der Waals surface area contributed by atoms with E-state index in [-0.39, 0.29) is 11.5 Å². The summed E-state index contributed by atoms with van der Waals surface area (Å²) in [5.41, 5.74) is 0.444. The Morgan fingerprint density at radius 3 is 3.00 bits per heavy atom. The molecule has 0 unspecified atom stereocenters. The molecule has 0 saturated carbocycles. The van der Waals surface area contributed by atoms with Crippen molar-refractivity contribution in [3.8, 4) is 0 Å². The van der Waals surface area contributed by atoms with E-state index in [1.165, 1.54) is 17.4 Å². The van der Waals surface area contributed by atoms with Crippen molar-refractivity contribution >= 4 is 22.4 Å². The molecule has 0 aliphatic heterocycles. The minimum absolute atomic E-state index is 0.185. The summed E-state index contributed by atoms with van der Waals surface area (Å²) in [6.07, 6.45) is 1.62. The molecule has 2 heterocycles. The number of hydrogen-bond donors (Lipinski definition) is 3. The average Bonchev–Trinajstić information content (AvgIpc) is 2.87. The number of hydrogen-bond acceptors (Lipinski definition) is 6. The van der Waals surface area contributed by atoms with Crippen molar-refractivity contribution in [1.82, 2.24) is 20.3 Å². The predicted molar refractivity (Wildman–Crippen MR) is 76.6 cm³/mol. The summed E-state index contributed by atoms with van der Waals surface area (Å²) in [4.78, 5) is 33.9. The number of anilines is 1. The molecular weight excluding hydrogens is 278 g/mol. The second-order valence-corrected chi connectivity index (χ2v) is 5.16. The van der Waals surface area contributed by atoms with Gasteiger partial charge in [0.2, 0.25) is 5.91 Å². The summed E-state index contributed by atoms with van der Waals surface area (Å²) in [6.45, 7) is 3.79. The maximum atomic E-state index is 11.9. The first-order valence-corrected chi connectivity index (χ1v) is 6.93. The van der Waals surface area contributed by atoms with Crippen LogP contribution in [0.3, 0.4) is 0 Å². The van der Waals surface area contributed by atoms with Gasteiger partial charge in [-0.2, -0.15) is 0 Å². The second kappa shape index (κ2) is 6.40. The van der Waals surface area contributed by atoms with Gasteiger partial charge in [0, 0.05) is 23.3 Å². The Morgan fingerprint density at radius 2 is 2.35 bits per heavy atom. The number of thiazole rings is 1. The molecule has 2 aromatic heterocycles. The largest absolute Gasteiger partial charge is 0.309 e. The van der Waals surface area contributed by atoms with Crippen LogP contribution in [0.25, 0.3) is 0 Å². The lowest BCUT2D eigenvalue weighted by molar-refractivity contribution is -0.117. The highest BCUT2D eigenvalue weighted by Crippen LogP contribution is 2.10. The van der Waals surface area contributed by atoms with Crippen molar-refractivity contribution in [2.24, 2.45) is 0 Å². The molecule has 106 valence electrons. The molecule has 7 nitrogen and oxygen atoms in total. The minimum atomic E-state index is -0.426. The Labute approximate surface area is 119 Å². The number of H-pyrrole nitrogens is 1. The molecular formula is C12H15N5O2S. The number of amides is 1. The molecule has 3 N–H and O–H groups in total. The smallest absolute Gasteiger partial charge is 0.251 e. The Balaban J connectivity index is 1.89. The van der Waals surface area contributed by atoms with Gasteiger partial charge in [0.25, 0.3) is 5.56 Å². The third-order valence-corrected chi connectivity index (χ3v) is 3.24. The van der Waals surface area contributed by atoms with Crippen molar-refractivity contribution in [3.63, 3.8) is 0 Å². The monoisotopic (exact) mass is 293 g/mol. The van der Waals surface area contributed by atoms with E-state index >= 15 is 0 Å². The number of aromatic nitrogens is 3. The summed E-state index contributed by atoms with van der Waals surface area (Å²) in [6, 6.07) is 0.993. The first kappa shape index (κ1) is 14.4. The highest BCUT2D eigenvalue weighted by atomic mass is 32.1. The van der Waals surface area contributed by atoms with Gasteiger partial charge in [0.1, 0.15) is 5.82 Å². The number of nitrogens with zero attached hydrogens (tertiary/aromatic N) is 2. The van der Waals surface area contributed by atoms with Gasteiger partial charge >= 0.3 is 0 Å². The van der Waals surface area contributed by atoms with Crippen LogP contribution in [0.15, 0.2) is 22.4 Å². The number of nitrogens with one attached hydrogen (secondary N) is 3. The van der Waals surface area contributed by atoms with Crippen molar-refractivity contribution in [2.45, 2.75) is 26.4 Å². The predicted octanol–water partition coefficient (Wildman–Crippen LogP) is 0.652. The Hall–Kier alpha value is -2.06. The van der Waals surface area contributed by atoms with E-state index in [9.17, 15) is 9.59 Å². The van der Waals surface area contributed by atoms with Gasteiger partial charge in [0.15, 0.2) is 5.13 Å². The highest BCUT2D eigenvalue weighted by molar-refractivity contribution is 7.13. The van der Waals surface area contributed by atoms with Crippen LogP contribution in [0.2, 0.25) is 0 Å². The lowest BCUT2D eigenvalue weighted by atomic mass is 10.3. The molecule has 1 atom stereocenters. The maximum Gasteiger partial charge on any atom is 0.251 e. The molecule has 0 aliphatic rings. The quantitative estimate of drug-likeness (QED) is 0.751. The number of carbonyl (C=O) groups excluding carboxylic acids is 1. The van der Waals surface area contributed by atoms with Crippen molar-refractivity contribution < 1.29 is 4.79 Å². The van der Waals surface area contributed by atoms with E-state index in [1.807, 2.05) is 0 Å². The van der Waals surface area contributed by atoms with Gasteiger partial charge in [-0.05, 0) is 13.8 Å². The molecule has 1 amide bonds. The van der Waals surface area contributed by atoms with E-state index < -0.39 is 6.04 Å². The maximum absolute atomic E-state index is 11.9. The zero-order valence-corrected chi connectivity index (χ0v) is 12.0. The Kier molecular flexibility index (Phi) is 4.59. The molecule has 0 radical (unpaired) electrons. The normalized spacial score (nSPS) is 12.1. The summed E-state index contributed by atoms with van der Waals surface area (Å²) in [7, 11) is 0. The molecule has 20 heavy (non-hydrogen) atoms. The summed E-state index contributed by atoms with van der Waals surface area (Å²) < 4.78 is 0. The summed E-state index contributed by atoms with van der Waals surface area (Å²) in [5, 5.41) is 8.04. The fraction of sp³-hybridized carbons (Fsp3) is 0.333. The van der Waals surface area contributed by atoms with E-state index in [1.54, 1.807) is 25.4 Å². The zero-order valence-electron chi connectivity index (χ0n) is 11.1. The van der Waals surface area contributed by atoms with Gasteiger partial charge in [-0.25, -0.2) is 9.97 Å².